The van der Waals surface area contributed by atoms with E-state index in [1.807, 2.05) is 0 Å². The Morgan fingerprint density at radius 3 is 2.62 bits per heavy atom. The fourth-order valence-corrected chi connectivity index (χ4v) is 1.83. The van der Waals surface area contributed by atoms with Crippen molar-refractivity contribution in [2.75, 3.05) is 46.7 Å². The van der Waals surface area contributed by atoms with Gasteiger partial charge in [-0.25, -0.2) is 0 Å². The van der Waals surface area contributed by atoms with Gasteiger partial charge in [-0.15, -0.1) is 0 Å². The standard InChI is InChI=1S/C12H25NO3/c1-12(4-9-16-10-5-12)13-6-11-15-8-3-7-14-2/h13H,3-11H2,1-2H3. The maximum atomic E-state index is 5.50. The number of hydrogen-bond acceptors (Lipinski definition) is 4. The van der Waals surface area contributed by atoms with Gasteiger partial charge in [-0.05, 0) is 26.2 Å². The highest BCUT2D eigenvalue weighted by molar-refractivity contribution is 4.84. The Morgan fingerprint density at radius 2 is 1.94 bits per heavy atom. The van der Waals surface area contributed by atoms with Crippen LogP contribution in [-0.4, -0.2) is 52.2 Å². The lowest BCUT2D eigenvalue weighted by molar-refractivity contribution is 0.0393. The van der Waals surface area contributed by atoms with E-state index in [2.05, 4.69) is 12.2 Å². The number of methoxy groups -OCH3 is 1. The van der Waals surface area contributed by atoms with Crippen molar-refractivity contribution in [1.82, 2.24) is 5.32 Å². The summed E-state index contributed by atoms with van der Waals surface area (Å²) in [5.74, 6) is 0. The second-order valence-corrected chi connectivity index (χ2v) is 4.56. The third-order valence-electron chi connectivity index (χ3n) is 3.03. The summed E-state index contributed by atoms with van der Waals surface area (Å²) in [6.45, 7) is 7.28. The van der Waals surface area contributed by atoms with Crippen LogP contribution in [0.4, 0.5) is 0 Å². The lowest BCUT2D eigenvalue weighted by atomic mass is 9.93. The highest BCUT2D eigenvalue weighted by Gasteiger charge is 2.25. The molecule has 0 amide bonds. The molecular weight excluding hydrogens is 206 g/mol. The fourth-order valence-electron chi connectivity index (χ4n) is 1.83. The average Bonchev–Trinajstić information content (AvgIpc) is 2.29. The van der Waals surface area contributed by atoms with Crippen molar-refractivity contribution in [3.8, 4) is 0 Å². The van der Waals surface area contributed by atoms with E-state index in [1.165, 1.54) is 0 Å². The molecule has 1 fully saturated rings. The Bertz CT molecular complexity index is 170. The van der Waals surface area contributed by atoms with Crippen LogP contribution in [0, 0.1) is 0 Å². The molecule has 96 valence electrons. The second-order valence-electron chi connectivity index (χ2n) is 4.56. The van der Waals surface area contributed by atoms with Crippen LogP contribution in [0.1, 0.15) is 26.2 Å². The van der Waals surface area contributed by atoms with Gasteiger partial charge in [0.25, 0.3) is 0 Å². The Labute approximate surface area is 98.6 Å². The molecule has 16 heavy (non-hydrogen) atoms. The molecule has 0 unspecified atom stereocenters. The topological polar surface area (TPSA) is 39.7 Å². The second kappa shape index (κ2) is 8.01. The quantitative estimate of drug-likeness (QED) is 0.637. The largest absolute Gasteiger partial charge is 0.385 e. The molecule has 4 nitrogen and oxygen atoms in total. The van der Waals surface area contributed by atoms with E-state index in [4.69, 9.17) is 14.2 Å². The van der Waals surface area contributed by atoms with Crippen molar-refractivity contribution in [1.29, 1.82) is 0 Å². The van der Waals surface area contributed by atoms with E-state index in [9.17, 15) is 0 Å². The molecule has 0 aliphatic carbocycles. The molecular formula is C12H25NO3. The first-order chi connectivity index (χ1) is 7.77. The average molecular weight is 231 g/mol. The third-order valence-corrected chi connectivity index (χ3v) is 3.03. The minimum atomic E-state index is 0.244. The van der Waals surface area contributed by atoms with Gasteiger partial charge in [0.2, 0.25) is 0 Å². The Kier molecular flexibility index (Phi) is 6.96. The van der Waals surface area contributed by atoms with Gasteiger partial charge in [0.15, 0.2) is 0 Å². The van der Waals surface area contributed by atoms with Gasteiger partial charge in [0, 0.05) is 45.6 Å². The highest BCUT2D eigenvalue weighted by Crippen LogP contribution is 2.18. The van der Waals surface area contributed by atoms with Crippen molar-refractivity contribution in [3.05, 3.63) is 0 Å². The van der Waals surface area contributed by atoms with Gasteiger partial charge in [-0.2, -0.15) is 0 Å². The maximum Gasteiger partial charge on any atom is 0.0591 e. The molecule has 4 heteroatoms. The van der Waals surface area contributed by atoms with E-state index in [1.54, 1.807) is 7.11 Å². The van der Waals surface area contributed by atoms with Crippen molar-refractivity contribution in [3.63, 3.8) is 0 Å². The van der Waals surface area contributed by atoms with E-state index in [0.717, 1.165) is 58.8 Å². The Balaban J connectivity index is 1.93. The van der Waals surface area contributed by atoms with Crippen molar-refractivity contribution >= 4 is 0 Å². The molecule has 1 aliphatic rings. The van der Waals surface area contributed by atoms with Crippen molar-refractivity contribution in [2.45, 2.75) is 31.7 Å². The zero-order valence-corrected chi connectivity index (χ0v) is 10.6. The molecule has 0 atom stereocenters. The molecule has 0 aromatic rings. The first-order valence-electron chi connectivity index (χ1n) is 6.16. The summed E-state index contributed by atoms with van der Waals surface area (Å²) < 4.78 is 15.8. The van der Waals surface area contributed by atoms with Gasteiger partial charge in [0.1, 0.15) is 0 Å². The summed E-state index contributed by atoms with van der Waals surface area (Å²) in [5, 5.41) is 3.55. The summed E-state index contributed by atoms with van der Waals surface area (Å²) in [4.78, 5) is 0. The SMILES string of the molecule is COCCCOCCNC1(C)CCOCC1. The molecule has 0 bridgehead atoms. The zero-order valence-electron chi connectivity index (χ0n) is 10.6. The fraction of sp³-hybridized carbons (Fsp3) is 1.00. The van der Waals surface area contributed by atoms with Crippen molar-refractivity contribution in [2.24, 2.45) is 0 Å². The van der Waals surface area contributed by atoms with Gasteiger partial charge in [-0.1, -0.05) is 0 Å². The lowest BCUT2D eigenvalue weighted by Gasteiger charge is -2.34. The molecule has 1 saturated heterocycles. The first kappa shape index (κ1) is 13.9. The molecule has 1 rings (SSSR count). The van der Waals surface area contributed by atoms with E-state index >= 15 is 0 Å². The summed E-state index contributed by atoms with van der Waals surface area (Å²) >= 11 is 0. The zero-order chi connectivity index (χ0) is 11.7. The maximum absolute atomic E-state index is 5.50. The van der Waals surface area contributed by atoms with E-state index in [0.29, 0.717) is 0 Å². The predicted octanol–water partition coefficient (Wildman–Crippen LogP) is 1.20. The van der Waals surface area contributed by atoms with E-state index < -0.39 is 0 Å². The Hall–Kier alpha value is -0.160. The molecule has 0 radical (unpaired) electrons. The number of ether oxygens (including phenoxy) is 3. The normalized spacial score (nSPS) is 19.9. The van der Waals surface area contributed by atoms with E-state index in [-0.39, 0.29) is 5.54 Å². The number of nitrogens with one attached hydrogen (secondary N) is 1. The van der Waals surface area contributed by atoms with Crippen LogP contribution in [0.2, 0.25) is 0 Å². The Morgan fingerprint density at radius 1 is 1.19 bits per heavy atom. The molecule has 0 aromatic carbocycles. The molecule has 1 heterocycles. The number of hydrogen-bond donors (Lipinski definition) is 1. The van der Waals surface area contributed by atoms with Gasteiger partial charge < -0.3 is 19.5 Å². The van der Waals surface area contributed by atoms with Gasteiger partial charge in [-0.3, -0.25) is 0 Å². The van der Waals surface area contributed by atoms with Gasteiger partial charge in [0.05, 0.1) is 6.61 Å². The predicted molar refractivity (Wildman–Crippen MR) is 63.8 cm³/mol. The summed E-state index contributed by atoms with van der Waals surface area (Å²) in [5.41, 5.74) is 0.244. The minimum absolute atomic E-state index is 0.244. The van der Waals surface area contributed by atoms with Gasteiger partial charge >= 0.3 is 0 Å². The van der Waals surface area contributed by atoms with Crippen LogP contribution in [0.5, 0.6) is 0 Å². The summed E-state index contributed by atoms with van der Waals surface area (Å²) in [6.07, 6.45) is 3.16. The molecule has 0 aromatic heterocycles. The first-order valence-corrected chi connectivity index (χ1v) is 6.16. The minimum Gasteiger partial charge on any atom is -0.385 e. The molecule has 1 N–H and O–H groups in total. The van der Waals surface area contributed by atoms with Crippen LogP contribution >= 0.6 is 0 Å². The monoisotopic (exact) mass is 231 g/mol. The summed E-state index contributed by atoms with van der Waals surface area (Å²) in [7, 11) is 1.72. The molecule has 0 spiro atoms. The third kappa shape index (κ3) is 5.80. The molecule has 1 aliphatic heterocycles. The van der Waals surface area contributed by atoms with Crippen LogP contribution in [0.3, 0.4) is 0 Å². The van der Waals surface area contributed by atoms with Crippen molar-refractivity contribution < 1.29 is 14.2 Å². The van der Waals surface area contributed by atoms with Crippen LogP contribution in [0.15, 0.2) is 0 Å². The number of rotatable bonds is 8. The smallest absolute Gasteiger partial charge is 0.0591 e. The molecule has 0 saturated carbocycles. The van der Waals surface area contributed by atoms with Crippen LogP contribution in [0.25, 0.3) is 0 Å². The van der Waals surface area contributed by atoms with Crippen LogP contribution < -0.4 is 5.32 Å². The van der Waals surface area contributed by atoms with Crippen LogP contribution in [-0.2, 0) is 14.2 Å². The summed E-state index contributed by atoms with van der Waals surface area (Å²) in [6, 6.07) is 0. The highest BCUT2D eigenvalue weighted by atomic mass is 16.5. The lowest BCUT2D eigenvalue weighted by Crippen LogP contribution is -2.47.